The van der Waals surface area contributed by atoms with Gasteiger partial charge in [0.1, 0.15) is 0 Å². The SMILES string of the molecule is O=C(C[C@H]1C(=O)NCCN1Cc1cccs1)NCCCc1ccccc1. The molecule has 1 aromatic carbocycles. The third-order valence-electron chi connectivity index (χ3n) is 4.57. The lowest BCUT2D eigenvalue weighted by Gasteiger charge is -2.34. The largest absolute Gasteiger partial charge is 0.356 e. The van der Waals surface area contributed by atoms with Crippen molar-refractivity contribution >= 4 is 23.2 Å². The van der Waals surface area contributed by atoms with E-state index in [0.29, 0.717) is 13.1 Å². The molecule has 1 aromatic heterocycles. The average Bonchev–Trinajstić information content (AvgIpc) is 3.16. The smallest absolute Gasteiger partial charge is 0.237 e. The quantitative estimate of drug-likeness (QED) is 0.699. The van der Waals surface area contributed by atoms with Crippen molar-refractivity contribution in [1.82, 2.24) is 15.5 Å². The third kappa shape index (κ3) is 5.41. The second-order valence-electron chi connectivity index (χ2n) is 6.50. The van der Waals surface area contributed by atoms with E-state index in [1.165, 1.54) is 10.4 Å². The predicted octanol–water partition coefficient (Wildman–Crippen LogP) is 2.19. The first-order chi connectivity index (χ1) is 12.7. The van der Waals surface area contributed by atoms with Crippen molar-refractivity contribution in [3.63, 3.8) is 0 Å². The molecule has 0 radical (unpaired) electrons. The van der Waals surface area contributed by atoms with Crippen LogP contribution in [0.2, 0.25) is 0 Å². The molecule has 2 heterocycles. The predicted molar refractivity (Wildman–Crippen MR) is 104 cm³/mol. The van der Waals surface area contributed by atoms with Crippen LogP contribution in [-0.2, 0) is 22.6 Å². The highest BCUT2D eigenvalue weighted by Crippen LogP contribution is 2.17. The summed E-state index contributed by atoms with van der Waals surface area (Å²) < 4.78 is 0. The third-order valence-corrected chi connectivity index (χ3v) is 5.43. The standard InChI is InChI=1S/C20H25N3O2S/c24-19(21-10-4-8-16-6-2-1-3-7-16)14-18-20(25)22-11-12-23(18)15-17-9-5-13-26-17/h1-3,5-7,9,13,18H,4,8,10-12,14-15H2,(H,21,24)(H,22,25)/t18-/m0/s1. The van der Waals surface area contributed by atoms with Crippen LogP contribution in [0.25, 0.3) is 0 Å². The van der Waals surface area contributed by atoms with Crippen molar-refractivity contribution in [3.05, 3.63) is 58.3 Å². The number of piperazine rings is 1. The number of aryl methyl sites for hydroxylation is 1. The van der Waals surface area contributed by atoms with Crippen molar-refractivity contribution < 1.29 is 9.59 Å². The molecular weight excluding hydrogens is 346 g/mol. The van der Waals surface area contributed by atoms with E-state index >= 15 is 0 Å². The fraction of sp³-hybridized carbons (Fsp3) is 0.400. The molecular formula is C20H25N3O2S. The molecule has 1 aliphatic heterocycles. The van der Waals surface area contributed by atoms with Gasteiger partial charge in [-0.25, -0.2) is 0 Å². The lowest BCUT2D eigenvalue weighted by molar-refractivity contribution is -0.134. The van der Waals surface area contributed by atoms with Gasteiger partial charge in [0.2, 0.25) is 11.8 Å². The molecule has 3 rings (SSSR count). The van der Waals surface area contributed by atoms with Gasteiger partial charge >= 0.3 is 0 Å². The van der Waals surface area contributed by atoms with Crippen LogP contribution in [0.3, 0.4) is 0 Å². The number of carbonyl (C=O) groups excluding carboxylic acids is 2. The zero-order chi connectivity index (χ0) is 18.2. The van der Waals surface area contributed by atoms with E-state index in [1.807, 2.05) is 29.6 Å². The summed E-state index contributed by atoms with van der Waals surface area (Å²) in [5, 5.41) is 7.87. The van der Waals surface area contributed by atoms with E-state index in [-0.39, 0.29) is 24.3 Å². The van der Waals surface area contributed by atoms with Crippen LogP contribution in [0.15, 0.2) is 47.8 Å². The summed E-state index contributed by atoms with van der Waals surface area (Å²) in [5.74, 6) is -0.108. The van der Waals surface area contributed by atoms with Crippen molar-refractivity contribution in [1.29, 1.82) is 0 Å². The molecule has 0 unspecified atom stereocenters. The molecule has 0 saturated carbocycles. The van der Waals surface area contributed by atoms with Crippen LogP contribution in [0.1, 0.15) is 23.3 Å². The molecule has 0 spiro atoms. The first kappa shape index (κ1) is 18.6. The van der Waals surface area contributed by atoms with E-state index in [4.69, 9.17) is 0 Å². The fourth-order valence-corrected chi connectivity index (χ4v) is 3.92. The van der Waals surface area contributed by atoms with E-state index < -0.39 is 0 Å². The van der Waals surface area contributed by atoms with Crippen LogP contribution in [0, 0.1) is 0 Å². The minimum atomic E-state index is -0.389. The maximum absolute atomic E-state index is 12.3. The Hall–Kier alpha value is -2.18. The van der Waals surface area contributed by atoms with Gasteiger partial charge in [0.15, 0.2) is 0 Å². The summed E-state index contributed by atoms with van der Waals surface area (Å²) in [6.45, 7) is 2.76. The molecule has 1 aliphatic rings. The van der Waals surface area contributed by atoms with Gasteiger partial charge in [-0.3, -0.25) is 14.5 Å². The number of nitrogens with zero attached hydrogens (tertiary/aromatic N) is 1. The molecule has 0 bridgehead atoms. The fourth-order valence-electron chi connectivity index (χ4n) is 3.19. The van der Waals surface area contributed by atoms with Gasteiger partial charge in [0.05, 0.1) is 12.5 Å². The lowest BCUT2D eigenvalue weighted by atomic mass is 10.1. The van der Waals surface area contributed by atoms with E-state index in [2.05, 4.69) is 33.7 Å². The van der Waals surface area contributed by atoms with E-state index in [1.54, 1.807) is 11.3 Å². The zero-order valence-corrected chi connectivity index (χ0v) is 15.6. The number of thiophene rings is 1. The molecule has 26 heavy (non-hydrogen) atoms. The number of hydrogen-bond acceptors (Lipinski definition) is 4. The zero-order valence-electron chi connectivity index (χ0n) is 14.8. The monoisotopic (exact) mass is 371 g/mol. The van der Waals surface area contributed by atoms with E-state index in [0.717, 1.165) is 25.9 Å². The summed E-state index contributed by atoms with van der Waals surface area (Å²) in [4.78, 5) is 27.9. The van der Waals surface area contributed by atoms with Gasteiger partial charge in [-0.15, -0.1) is 11.3 Å². The van der Waals surface area contributed by atoms with Crippen molar-refractivity contribution in [3.8, 4) is 0 Å². The molecule has 6 heteroatoms. The van der Waals surface area contributed by atoms with Gasteiger partial charge in [-0.2, -0.15) is 0 Å². The number of rotatable bonds is 8. The Morgan fingerprint density at radius 1 is 1.23 bits per heavy atom. The van der Waals surface area contributed by atoms with Crippen molar-refractivity contribution in [2.45, 2.75) is 31.8 Å². The Labute approximate surface area is 158 Å². The number of amides is 2. The summed E-state index contributed by atoms with van der Waals surface area (Å²) in [6.07, 6.45) is 2.05. The molecule has 1 fully saturated rings. The van der Waals surface area contributed by atoms with Crippen LogP contribution < -0.4 is 10.6 Å². The van der Waals surface area contributed by atoms with Gasteiger partial charge in [0.25, 0.3) is 0 Å². The van der Waals surface area contributed by atoms with Gasteiger partial charge in [-0.1, -0.05) is 36.4 Å². The topological polar surface area (TPSA) is 61.4 Å². The summed E-state index contributed by atoms with van der Waals surface area (Å²) >= 11 is 1.68. The number of carbonyl (C=O) groups is 2. The van der Waals surface area contributed by atoms with Crippen molar-refractivity contribution in [2.75, 3.05) is 19.6 Å². The van der Waals surface area contributed by atoms with E-state index in [9.17, 15) is 9.59 Å². The van der Waals surface area contributed by atoms with Gasteiger partial charge in [0, 0.05) is 31.1 Å². The first-order valence-electron chi connectivity index (χ1n) is 9.07. The second-order valence-corrected chi connectivity index (χ2v) is 7.53. The summed E-state index contributed by atoms with van der Waals surface area (Å²) in [6, 6.07) is 13.9. The second kappa shape index (κ2) is 9.50. The maximum atomic E-state index is 12.3. The lowest BCUT2D eigenvalue weighted by Crippen LogP contribution is -2.56. The minimum absolute atomic E-state index is 0.0489. The molecule has 0 aliphatic carbocycles. The molecule has 1 saturated heterocycles. The molecule has 1 atom stereocenters. The minimum Gasteiger partial charge on any atom is -0.356 e. The highest BCUT2D eigenvalue weighted by molar-refractivity contribution is 7.09. The Bertz CT molecular complexity index is 703. The molecule has 2 aromatic rings. The molecule has 5 nitrogen and oxygen atoms in total. The summed E-state index contributed by atoms with van der Waals surface area (Å²) in [7, 11) is 0. The number of hydrogen-bond donors (Lipinski definition) is 2. The van der Waals surface area contributed by atoms with Crippen LogP contribution in [0.5, 0.6) is 0 Å². The van der Waals surface area contributed by atoms with Crippen molar-refractivity contribution in [2.24, 2.45) is 0 Å². The Morgan fingerprint density at radius 2 is 2.08 bits per heavy atom. The Kier molecular flexibility index (Phi) is 6.80. The number of benzene rings is 1. The molecule has 138 valence electrons. The Morgan fingerprint density at radius 3 is 2.85 bits per heavy atom. The highest BCUT2D eigenvalue weighted by Gasteiger charge is 2.31. The Balaban J connectivity index is 1.45. The van der Waals surface area contributed by atoms with Gasteiger partial charge in [-0.05, 0) is 29.9 Å². The van der Waals surface area contributed by atoms with Crippen LogP contribution >= 0.6 is 11.3 Å². The average molecular weight is 372 g/mol. The number of nitrogens with one attached hydrogen (secondary N) is 2. The first-order valence-corrected chi connectivity index (χ1v) is 9.95. The summed E-state index contributed by atoms with van der Waals surface area (Å²) in [5.41, 5.74) is 1.27. The van der Waals surface area contributed by atoms with Gasteiger partial charge < -0.3 is 10.6 Å². The maximum Gasteiger partial charge on any atom is 0.237 e. The molecule has 2 amide bonds. The van der Waals surface area contributed by atoms with Crippen LogP contribution in [-0.4, -0.2) is 42.4 Å². The molecule has 2 N–H and O–H groups in total. The van der Waals surface area contributed by atoms with Crippen LogP contribution in [0.4, 0.5) is 0 Å². The highest BCUT2D eigenvalue weighted by atomic mass is 32.1. The normalized spacial score (nSPS) is 17.7.